The van der Waals surface area contributed by atoms with Gasteiger partial charge in [-0.3, -0.25) is 33.3 Å². The molecule has 17 rings (SSSR count). The molecule has 0 radical (unpaired) electrons. The van der Waals surface area contributed by atoms with E-state index in [1.165, 1.54) is 53.1 Å². The number of aromatic nitrogens is 13. The summed E-state index contributed by atoms with van der Waals surface area (Å²) in [6.07, 6.45) is 12.2. The maximum absolute atomic E-state index is 15.0. The van der Waals surface area contributed by atoms with Gasteiger partial charge in [0.05, 0.1) is 87.0 Å². The molecule has 9 aromatic heterocycles. The lowest BCUT2D eigenvalue weighted by atomic mass is 9.96. The minimum absolute atomic E-state index is 0.00757. The number of fused-ring (bicyclic) bond motifs is 4. The maximum atomic E-state index is 15.0. The number of amides is 4. The second-order valence-corrected chi connectivity index (χ2v) is 37.9. The van der Waals surface area contributed by atoms with Crippen LogP contribution >= 0.6 is 46.4 Å². The predicted octanol–water partition coefficient (Wildman–Crippen LogP) is 17.2. The van der Waals surface area contributed by atoms with Gasteiger partial charge in [0.15, 0.2) is 11.3 Å². The summed E-state index contributed by atoms with van der Waals surface area (Å²) in [5.74, 6) is 0.0380. The molecule has 1 saturated carbocycles. The van der Waals surface area contributed by atoms with Crippen LogP contribution < -0.4 is 42.4 Å². The first-order valence-electron chi connectivity index (χ1n) is 46.8. The first kappa shape index (κ1) is 102. The highest BCUT2D eigenvalue weighted by Gasteiger charge is 2.43. The van der Waals surface area contributed by atoms with Gasteiger partial charge in [0.1, 0.15) is 51.9 Å². The highest BCUT2D eigenvalue weighted by molar-refractivity contribution is 6.35. The predicted molar refractivity (Wildman–Crippen MR) is 547 cm³/mol. The zero-order valence-electron chi connectivity index (χ0n) is 80.6. The molecule has 728 valence electrons. The van der Waals surface area contributed by atoms with Gasteiger partial charge in [-0.05, 0) is 194 Å². The molecule has 4 aliphatic heterocycles. The Morgan fingerprint density at radius 2 is 0.820 bits per heavy atom. The molecule has 4 amide bonds. The number of phenolic OH excluding ortho intramolecular Hbond substituents is 1. The van der Waals surface area contributed by atoms with Crippen LogP contribution in [0.4, 0.5) is 32.1 Å². The number of phenols is 1. The fourth-order valence-corrected chi connectivity index (χ4v) is 19.8. The van der Waals surface area contributed by atoms with Crippen molar-refractivity contribution in [1.82, 2.24) is 82.7 Å². The first-order valence-corrected chi connectivity index (χ1v) is 48.4. The minimum atomic E-state index is -0.709. The van der Waals surface area contributed by atoms with Crippen LogP contribution in [0.5, 0.6) is 5.75 Å². The van der Waals surface area contributed by atoms with Crippen LogP contribution in [0, 0.1) is 32.4 Å². The number of carbonyl (C=O) groups excluding carboxylic acids is 4. The van der Waals surface area contributed by atoms with E-state index in [0.29, 0.717) is 175 Å². The summed E-state index contributed by atoms with van der Waals surface area (Å²) in [4.78, 5) is 159. The van der Waals surface area contributed by atoms with Gasteiger partial charge < -0.3 is 44.3 Å². The van der Waals surface area contributed by atoms with Crippen LogP contribution in [0.1, 0.15) is 161 Å². The van der Waals surface area contributed by atoms with E-state index in [2.05, 4.69) is 92.9 Å². The molecular weight excluding hydrogens is 1860 g/mol. The van der Waals surface area contributed by atoms with Gasteiger partial charge in [0.25, 0.3) is 0 Å². The summed E-state index contributed by atoms with van der Waals surface area (Å²) < 4.78 is 36.0. The van der Waals surface area contributed by atoms with Crippen molar-refractivity contribution in [2.75, 3.05) is 98.1 Å². The minimum Gasteiger partial charge on any atom is -0.507 e. The van der Waals surface area contributed by atoms with E-state index in [9.17, 15) is 47.9 Å². The molecule has 139 heavy (non-hydrogen) atoms. The van der Waals surface area contributed by atoms with Crippen LogP contribution in [-0.4, -0.2) is 214 Å². The molecule has 3 aromatic carbocycles. The van der Waals surface area contributed by atoms with Gasteiger partial charge in [-0.2, -0.15) is 19.9 Å². The standard InChI is InChI=1S/C30H30ClFN6O3.C26H29ClFN5O2.C26H28ClN5O2.C21H28ClN5O2/c1-6-24(40)36-12-13-37(17(4)15-36)28-20-14-21(31)26(25-22(32)8-7-9-23(25)39)34-29(20)38(30(41)35-28)27-18(5)33-11-10-19(27)16(2)3;1-5-17(6-2)33-25-19(14-20(27)23(29-25)18-10-8-9-11-21(18)28)24(30-26(33)35)32-13-12-31(15-16(32)4)22(34)7-3;1-5-22(33)30-12-13-31(16(2)15-30)23-18-14-20(27)17(3)28-24(18)32(25(34)29-23)21-9-7-6-8-19(21)26(4)10-11-26;1-6-15(7-2)27-20-16(11-17(22)14(5)23-20)19(24-21(27)29)26-10-9-25(12-13(26)4)18(28)8-3/h6-11,14,16-17,39H,1,12-13,15H2,2-5H3;7-11,14,16-17H,3,5-6,12-13,15H2,1-2,4H3;5-9,14,16H,1,10-13,15H2,2-4H3;8,11,13,15H,3,6-7,9-10,12H2,1-2,4-5H3/t17-;2*16-;13-/m0000/s1. The Morgan fingerprint density at radius 3 is 1.23 bits per heavy atom. The van der Waals surface area contributed by atoms with Crippen LogP contribution in [-0.2, 0) is 24.6 Å². The molecule has 1 N–H and O–H groups in total. The van der Waals surface area contributed by atoms with E-state index in [1.54, 1.807) is 76.8 Å². The highest BCUT2D eigenvalue weighted by Crippen LogP contribution is 2.50. The van der Waals surface area contributed by atoms with Crippen molar-refractivity contribution in [2.24, 2.45) is 0 Å². The second kappa shape index (κ2) is 42.7. The largest absolute Gasteiger partial charge is 0.507 e. The zero-order chi connectivity index (χ0) is 100. The topological polar surface area (TPSA) is 318 Å². The Hall–Kier alpha value is -13.2. The third-order valence-electron chi connectivity index (χ3n) is 26.9. The Morgan fingerprint density at radius 1 is 0.453 bits per heavy atom. The smallest absolute Gasteiger partial charge is 0.355 e. The monoisotopic (exact) mass is 1970 g/mol. The second-order valence-electron chi connectivity index (χ2n) is 36.3. The third-order valence-corrected chi connectivity index (χ3v) is 28.3. The van der Waals surface area contributed by atoms with Crippen molar-refractivity contribution < 1.29 is 33.1 Å². The number of hydrogen-bond donors (Lipinski definition) is 1. The van der Waals surface area contributed by atoms with Gasteiger partial charge in [-0.15, -0.1) is 0 Å². The number of piperazine rings is 4. The van der Waals surface area contributed by atoms with Gasteiger partial charge in [-0.1, -0.05) is 158 Å². The van der Waals surface area contributed by atoms with Crippen molar-refractivity contribution in [1.29, 1.82) is 0 Å². The molecule has 5 aliphatic rings. The Kier molecular flexibility index (Phi) is 31.2. The lowest BCUT2D eigenvalue weighted by Crippen LogP contribution is -2.54. The van der Waals surface area contributed by atoms with E-state index < -0.39 is 23.0 Å². The third kappa shape index (κ3) is 20.4. The summed E-state index contributed by atoms with van der Waals surface area (Å²) in [7, 11) is 0. The quantitative estimate of drug-likeness (QED) is 0.0693. The molecule has 30 nitrogen and oxygen atoms in total. The Bertz CT molecular complexity index is 7100. The van der Waals surface area contributed by atoms with E-state index in [-0.39, 0.29) is 127 Å². The Labute approximate surface area is 824 Å². The summed E-state index contributed by atoms with van der Waals surface area (Å²) in [6, 6.07) is 26.7. The Balaban J connectivity index is 0.000000149. The number of para-hydroxylation sites is 1. The zero-order valence-corrected chi connectivity index (χ0v) is 83.6. The van der Waals surface area contributed by atoms with Crippen LogP contribution in [0.3, 0.4) is 0 Å². The fraction of sp³-hybridized carbons (Fsp3) is 0.388. The molecule has 36 heteroatoms. The summed E-state index contributed by atoms with van der Waals surface area (Å²) in [6.45, 7) is 48.0. The fourth-order valence-electron chi connectivity index (χ4n) is 19.0. The number of hydrogen-bond acceptors (Lipinski definition) is 22. The molecule has 5 fully saturated rings. The summed E-state index contributed by atoms with van der Waals surface area (Å²) in [5.41, 5.74) is 5.80. The summed E-state index contributed by atoms with van der Waals surface area (Å²) >= 11 is 26.3. The molecule has 4 saturated heterocycles. The van der Waals surface area contributed by atoms with Crippen LogP contribution in [0.15, 0.2) is 173 Å². The van der Waals surface area contributed by atoms with Crippen LogP contribution in [0.25, 0.3) is 78.0 Å². The molecule has 12 aromatic rings. The number of aromatic hydroxyl groups is 1. The van der Waals surface area contributed by atoms with Crippen molar-refractivity contribution in [3.63, 3.8) is 0 Å². The highest BCUT2D eigenvalue weighted by atomic mass is 35.5. The number of rotatable bonds is 20. The number of pyridine rings is 5. The van der Waals surface area contributed by atoms with Crippen molar-refractivity contribution >= 4 is 137 Å². The van der Waals surface area contributed by atoms with Crippen LogP contribution in [0.2, 0.25) is 20.1 Å². The molecular formula is C103H115Cl4F2N21O9. The average Bonchev–Trinajstić information content (AvgIpc) is 1.31. The van der Waals surface area contributed by atoms with E-state index in [4.69, 9.17) is 61.4 Å². The van der Waals surface area contributed by atoms with Gasteiger partial charge in [0, 0.05) is 127 Å². The van der Waals surface area contributed by atoms with E-state index >= 15 is 4.39 Å². The molecule has 1 aliphatic carbocycles. The molecule has 0 bridgehead atoms. The molecule has 4 atom stereocenters. The van der Waals surface area contributed by atoms with Crippen molar-refractivity contribution in [3.05, 3.63) is 256 Å². The molecule has 13 heterocycles. The lowest BCUT2D eigenvalue weighted by molar-refractivity contribution is -0.127. The maximum Gasteiger partial charge on any atom is 0.355 e. The SMILES string of the molecule is C=CC(=O)N1CCN(c2nc(=O)n(-c3c(C(C)C)ccnc3C)c3nc(-c4c(O)cccc4F)c(Cl)cc23)[C@@H](C)C1.C=CC(=O)N1CCN(c2nc(=O)n(-c3ccccc3C3(C)CC3)c3nc(C)c(Cl)cc23)[C@@H](C)C1.C=CC(=O)N1CCN(c2nc(=O)n(C(CC)CC)c3nc(-c4ccccc4F)c(Cl)cc23)[C@@H](C)C1.C=CC(=O)N1CCN(c2nc(=O)n(C(CC)CC)c3nc(C)c(Cl)cc23)[C@@H](C)C1. The van der Waals surface area contributed by atoms with Gasteiger partial charge in [-0.25, -0.2) is 57.0 Å². The number of halogens is 6. The average molecular weight is 1970 g/mol. The summed E-state index contributed by atoms with van der Waals surface area (Å²) in [5, 5.41) is 14.5. The number of anilines is 4. The van der Waals surface area contributed by atoms with E-state index in [1.807, 2.05) is 115 Å². The molecule has 0 unspecified atom stereocenters. The number of benzene rings is 3. The lowest BCUT2D eigenvalue weighted by Gasteiger charge is -2.40. The van der Waals surface area contributed by atoms with E-state index in [0.717, 1.165) is 53.3 Å². The van der Waals surface area contributed by atoms with Crippen molar-refractivity contribution in [2.45, 2.75) is 183 Å². The number of nitrogens with zero attached hydrogens (tertiary/aromatic N) is 21. The van der Waals surface area contributed by atoms with Crippen molar-refractivity contribution in [3.8, 4) is 39.6 Å². The molecule has 0 spiro atoms. The van der Waals surface area contributed by atoms with Gasteiger partial charge >= 0.3 is 22.8 Å². The number of aryl methyl sites for hydroxylation is 3. The first-order chi connectivity index (χ1) is 66.4. The normalized spacial score (nSPS) is 17.0. The van der Waals surface area contributed by atoms with Gasteiger partial charge in [0.2, 0.25) is 23.6 Å². The number of carbonyl (C=O) groups is 4.